The zero-order valence-electron chi connectivity index (χ0n) is 17.5. The predicted molar refractivity (Wildman–Crippen MR) is 119 cm³/mol. The Morgan fingerprint density at radius 1 is 1.27 bits per heavy atom. The predicted octanol–water partition coefficient (Wildman–Crippen LogP) is 3.95. The van der Waals surface area contributed by atoms with Crippen molar-refractivity contribution < 1.29 is 9.53 Å². The first-order valence-electron chi connectivity index (χ1n) is 9.74. The van der Waals surface area contributed by atoms with Crippen molar-refractivity contribution in [3.05, 3.63) is 0 Å². The van der Waals surface area contributed by atoms with Gasteiger partial charge in [0, 0.05) is 39.8 Å². The summed E-state index contributed by atoms with van der Waals surface area (Å²) >= 11 is 0. The van der Waals surface area contributed by atoms with Crippen LogP contribution in [0.25, 0.3) is 0 Å². The van der Waals surface area contributed by atoms with Crippen LogP contribution in [0.5, 0.6) is 0 Å². The molecule has 1 aliphatic rings. The SMILES string of the molecule is CCCCN(C)C(=NCC1CCN(C(=O)OC(C)(C)C)CC1)NCC.I. The van der Waals surface area contributed by atoms with Gasteiger partial charge in [-0.1, -0.05) is 13.3 Å². The monoisotopic (exact) mass is 482 g/mol. The van der Waals surface area contributed by atoms with Crippen LogP contribution in [-0.2, 0) is 4.74 Å². The molecule has 0 spiro atoms. The number of likely N-dealkylation sites (tertiary alicyclic amines) is 1. The van der Waals surface area contributed by atoms with E-state index in [4.69, 9.17) is 9.73 Å². The third-order valence-corrected chi connectivity index (χ3v) is 4.31. The number of halogens is 1. The Morgan fingerprint density at radius 2 is 1.88 bits per heavy atom. The molecule has 1 fully saturated rings. The average molecular weight is 482 g/mol. The van der Waals surface area contributed by atoms with Crippen molar-refractivity contribution >= 4 is 36.0 Å². The fraction of sp³-hybridized carbons (Fsp3) is 0.895. The van der Waals surface area contributed by atoms with Gasteiger partial charge in [0.1, 0.15) is 5.60 Å². The van der Waals surface area contributed by atoms with Crippen LogP contribution in [-0.4, -0.2) is 67.2 Å². The summed E-state index contributed by atoms with van der Waals surface area (Å²) < 4.78 is 5.45. The van der Waals surface area contributed by atoms with Gasteiger partial charge < -0.3 is 19.9 Å². The van der Waals surface area contributed by atoms with Crippen molar-refractivity contribution in [2.45, 2.75) is 65.9 Å². The molecule has 1 amide bonds. The van der Waals surface area contributed by atoms with Crippen molar-refractivity contribution in [3.63, 3.8) is 0 Å². The summed E-state index contributed by atoms with van der Waals surface area (Å²) in [5, 5.41) is 3.38. The van der Waals surface area contributed by atoms with Crippen molar-refractivity contribution in [2.75, 3.05) is 39.8 Å². The lowest BCUT2D eigenvalue weighted by Crippen LogP contribution is -2.43. The van der Waals surface area contributed by atoms with Crippen LogP contribution < -0.4 is 5.32 Å². The van der Waals surface area contributed by atoms with E-state index in [1.54, 1.807) is 0 Å². The van der Waals surface area contributed by atoms with Crippen molar-refractivity contribution in [2.24, 2.45) is 10.9 Å². The molecule has 1 N–H and O–H groups in total. The lowest BCUT2D eigenvalue weighted by Gasteiger charge is -2.33. The number of carbonyl (C=O) groups is 1. The highest BCUT2D eigenvalue weighted by Crippen LogP contribution is 2.20. The number of hydrogen-bond donors (Lipinski definition) is 1. The van der Waals surface area contributed by atoms with E-state index in [0.29, 0.717) is 5.92 Å². The van der Waals surface area contributed by atoms with E-state index >= 15 is 0 Å². The number of piperidine rings is 1. The Hall–Kier alpha value is -0.730. The Balaban J connectivity index is 0.00000625. The number of aliphatic imine (C=N–C) groups is 1. The minimum atomic E-state index is -0.429. The summed E-state index contributed by atoms with van der Waals surface area (Å²) in [5.41, 5.74) is -0.429. The van der Waals surface area contributed by atoms with Gasteiger partial charge >= 0.3 is 6.09 Å². The van der Waals surface area contributed by atoms with E-state index in [2.05, 4.69) is 31.1 Å². The summed E-state index contributed by atoms with van der Waals surface area (Å²) in [4.78, 5) is 21.0. The summed E-state index contributed by atoms with van der Waals surface area (Å²) in [6.07, 6.45) is 4.14. The molecule has 1 aliphatic heterocycles. The molecule has 7 heteroatoms. The molecule has 0 aliphatic carbocycles. The number of carbonyl (C=O) groups excluding carboxylic acids is 1. The summed E-state index contributed by atoms with van der Waals surface area (Å²) in [6.45, 7) is 14.3. The van der Waals surface area contributed by atoms with E-state index in [9.17, 15) is 4.79 Å². The van der Waals surface area contributed by atoms with Gasteiger partial charge in [-0.15, -0.1) is 24.0 Å². The first kappa shape index (κ1) is 25.3. The summed E-state index contributed by atoms with van der Waals surface area (Å²) in [6, 6.07) is 0. The molecule has 0 unspecified atom stereocenters. The number of guanidine groups is 1. The number of ether oxygens (including phenoxy) is 1. The van der Waals surface area contributed by atoms with Crippen molar-refractivity contribution in [1.29, 1.82) is 0 Å². The average Bonchev–Trinajstić information content (AvgIpc) is 2.55. The maximum Gasteiger partial charge on any atom is 0.410 e. The Labute approximate surface area is 177 Å². The van der Waals surface area contributed by atoms with E-state index in [0.717, 1.165) is 51.5 Å². The Bertz CT molecular complexity index is 430. The smallest absolute Gasteiger partial charge is 0.410 e. The molecule has 1 saturated heterocycles. The first-order chi connectivity index (χ1) is 11.8. The fourth-order valence-electron chi connectivity index (χ4n) is 2.81. The highest BCUT2D eigenvalue weighted by molar-refractivity contribution is 14.0. The van der Waals surface area contributed by atoms with Crippen LogP contribution in [0.15, 0.2) is 4.99 Å². The molecule has 0 radical (unpaired) electrons. The van der Waals surface area contributed by atoms with E-state index in [-0.39, 0.29) is 30.1 Å². The maximum absolute atomic E-state index is 12.1. The molecular formula is C19H39IN4O2. The minimum absolute atomic E-state index is 0. The third kappa shape index (κ3) is 9.83. The summed E-state index contributed by atoms with van der Waals surface area (Å²) in [5.74, 6) is 1.53. The molecule has 1 rings (SSSR count). The van der Waals surface area contributed by atoms with Crippen LogP contribution >= 0.6 is 24.0 Å². The van der Waals surface area contributed by atoms with Gasteiger partial charge in [-0.25, -0.2) is 4.79 Å². The van der Waals surface area contributed by atoms with Gasteiger partial charge in [-0.3, -0.25) is 4.99 Å². The quantitative estimate of drug-likeness (QED) is 0.354. The molecule has 1 heterocycles. The zero-order valence-corrected chi connectivity index (χ0v) is 19.8. The first-order valence-corrected chi connectivity index (χ1v) is 9.74. The molecule has 0 saturated carbocycles. The van der Waals surface area contributed by atoms with Gasteiger partial charge in [0.15, 0.2) is 5.96 Å². The number of nitrogens with one attached hydrogen (secondary N) is 1. The topological polar surface area (TPSA) is 57.2 Å². The molecule has 0 atom stereocenters. The van der Waals surface area contributed by atoms with E-state index < -0.39 is 5.60 Å². The zero-order chi connectivity index (χ0) is 18.9. The number of rotatable bonds is 6. The van der Waals surface area contributed by atoms with Gasteiger partial charge in [-0.2, -0.15) is 0 Å². The van der Waals surface area contributed by atoms with Crippen LogP contribution in [0, 0.1) is 5.92 Å². The van der Waals surface area contributed by atoms with Crippen LogP contribution in [0.1, 0.15) is 60.3 Å². The van der Waals surface area contributed by atoms with Crippen LogP contribution in [0.3, 0.4) is 0 Å². The normalized spacial score (nSPS) is 16.1. The van der Waals surface area contributed by atoms with Crippen LogP contribution in [0.4, 0.5) is 4.79 Å². The van der Waals surface area contributed by atoms with Gasteiger partial charge in [0.2, 0.25) is 0 Å². The highest BCUT2D eigenvalue weighted by Gasteiger charge is 2.26. The minimum Gasteiger partial charge on any atom is -0.444 e. The largest absolute Gasteiger partial charge is 0.444 e. The second-order valence-corrected chi connectivity index (χ2v) is 7.88. The number of unbranched alkanes of at least 4 members (excludes halogenated alkanes) is 1. The molecule has 0 aromatic rings. The fourth-order valence-corrected chi connectivity index (χ4v) is 2.81. The van der Waals surface area contributed by atoms with Gasteiger partial charge in [0.05, 0.1) is 0 Å². The number of amides is 1. The molecule has 0 aromatic heterocycles. The lowest BCUT2D eigenvalue weighted by atomic mass is 9.97. The number of nitrogens with zero attached hydrogens (tertiary/aromatic N) is 3. The molecular weight excluding hydrogens is 443 g/mol. The van der Waals surface area contributed by atoms with E-state index in [1.807, 2.05) is 25.7 Å². The standard InChI is InChI=1S/C19H38N4O2.HI/c1-7-9-12-22(6)17(20-8-2)21-15-16-10-13-23(14-11-16)18(24)25-19(3,4)5;/h16H,7-15H2,1-6H3,(H,20,21);1H. The highest BCUT2D eigenvalue weighted by atomic mass is 127. The molecule has 0 bridgehead atoms. The molecule has 26 heavy (non-hydrogen) atoms. The van der Waals surface area contributed by atoms with Gasteiger partial charge in [0.25, 0.3) is 0 Å². The summed E-state index contributed by atoms with van der Waals surface area (Å²) in [7, 11) is 2.10. The molecule has 0 aromatic carbocycles. The van der Waals surface area contributed by atoms with Gasteiger partial charge in [-0.05, 0) is 52.9 Å². The molecule has 154 valence electrons. The van der Waals surface area contributed by atoms with Crippen LogP contribution in [0.2, 0.25) is 0 Å². The second kappa shape index (κ2) is 12.6. The lowest BCUT2D eigenvalue weighted by molar-refractivity contribution is 0.0187. The Kier molecular flexibility index (Phi) is 12.3. The molecule has 6 nitrogen and oxygen atoms in total. The number of hydrogen-bond acceptors (Lipinski definition) is 3. The third-order valence-electron chi connectivity index (χ3n) is 4.31. The van der Waals surface area contributed by atoms with Crippen molar-refractivity contribution in [1.82, 2.24) is 15.1 Å². The van der Waals surface area contributed by atoms with E-state index in [1.165, 1.54) is 12.8 Å². The Morgan fingerprint density at radius 3 is 2.38 bits per heavy atom. The van der Waals surface area contributed by atoms with Crippen molar-refractivity contribution in [3.8, 4) is 0 Å². The maximum atomic E-state index is 12.1. The second-order valence-electron chi connectivity index (χ2n) is 7.88.